The number of piperidine rings is 1. The van der Waals surface area contributed by atoms with Gasteiger partial charge >= 0.3 is 0 Å². The Morgan fingerprint density at radius 2 is 2.25 bits per heavy atom. The number of rotatable bonds is 1. The van der Waals surface area contributed by atoms with E-state index in [0.717, 1.165) is 19.4 Å². The lowest BCUT2D eigenvalue weighted by Gasteiger charge is -2.34. The Morgan fingerprint density at radius 3 is 3.05 bits per heavy atom. The lowest BCUT2D eigenvalue weighted by Crippen LogP contribution is -2.42. The fourth-order valence-electron chi connectivity index (χ4n) is 2.84. The van der Waals surface area contributed by atoms with Crippen molar-refractivity contribution < 1.29 is 14.3 Å². The second-order valence-corrected chi connectivity index (χ2v) is 5.36. The summed E-state index contributed by atoms with van der Waals surface area (Å²) in [6, 6.07) is 5.54. The van der Waals surface area contributed by atoms with Crippen LogP contribution in [0.3, 0.4) is 0 Å². The number of hydrogen-bond acceptors (Lipinski definition) is 3. The van der Waals surface area contributed by atoms with E-state index in [1.165, 1.54) is 6.42 Å². The first kappa shape index (κ1) is 13.0. The number of hydrogen-bond donors (Lipinski definition) is 1. The Labute approximate surface area is 117 Å². The van der Waals surface area contributed by atoms with Crippen molar-refractivity contribution in [2.24, 2.45) is 0 Å². The molecule has 0 aliphatic carbocycles. The molecule has 106 valence electrons. The predicted molar refractivity (Wildman–Crippen MR) is 74.9 cm³/mol. The van der Waals surface area contributed by atoms with Crippen LogP contribution in [0.25, 0.3) is 0 Å². The van der Waals surface area contributed by atoms with Crippen molar-refractivity contribution in [3.05, 3.63) is 23.8 Å². The van der Waals surface area contributed by atoms with Crippen LogP contribution in [-0.4, -0.2) is 35.9 Å². The van der Waals surface area contributed by atoms with Gasteiger partial charge in [0.15, 0.2) is 12.4 Å². The Kier molecular flexibility index (Phi) is 3.34. The minimum Gasteiger partial charge on any atom is -0.481 e. The molecule has 0 aromatic heterocycles. The molecule has 0 saturated carbocycles. The van der Waals surface area contributed by atoms with E-state index in [1.807, 2.05) is 4.90 Å². The highest BCUT2D eigenvalue weighted by molar-refractivity contribution is 6.03. The third-order valence-electron chi connectivity index (χ3n) is 3.93. The Bertz CT molecular complexity index is 556. The SMILES string of the molecule is CC1CCCCN1C(=O)c1cccc2c1OCC(=O)N2. The van der Waals surface area contributed by atoms with Crippen LogP contribution in [0.5, 0.6) is 5.75 Å². The van der Waals surface area contributed by atoms with Crippen molar-refractivity contribution in [2.45, 2.75) is 32.2 Å². The van der Waals surface area contributed by atoms with E-state index >= 15 is 0 Å². The highest BCUT2D eigenvalue weighted by Crippen LogP contribution is 2.33. The zero-order chi connectivity index (χ0) is 14.1. The maximum absolute atomic E-state index is 12.7. The van der Waals surface area contributed by atoms with Gasteiger partial charge in [-0.15, -0.1) is 0 Å². The van der Waals surface area contributed by atoms with Gasteiger partial charge in [-0.05, 0) is 38.3 Å². The van der Waals surface area contributed by atoms with Gasteiger partial charge in [-0.1, -0.05) is 6.07 Å². The van der Waals surface area contributed by atoms with E-state index in [1.54, 1.807) is 18.2 Å². The van der Waals surface area contributed by atoms with Crippen molar-refractivity contribution >= 4 is 17.5 Å². The average molecular weight is 274 g/mol. The van der Waals surface area contributed by atoms with E-state index in [0.29, 0.717) is 17.0 Å². The molecule has 1 aromatic rings. The largest absolute Gasteiger partial charge is 0.481 e. The Hall–Kier alpha value is -2.04. The smallest absolute Gasteiger partial charge is 0.262 e. The van der Waals surface area contributed by atoms with Gasteiger partial charge in [-0.3, -0.25) is 9.59 Å². The number of benzene rings is 1. The zero-order valence-corrected chi connectivity index (χ0v) is 11.5. The number of ether oxygens (including phenoxy) is 1. The first-order chi connectivity index (χ1) is 9.66. The number of anilines is 1. The topological polar surface area (TPSA) is 58.6 Å². The molecular weight excluding hydrogens is 256 g/mol. The standard InChI is InChI=1S/C15H18N2O3/c1-10-5-2-3-8-17(10)15(19)11-6-4-7-12-14(11)20-9-13(18)16-12/h4,6-7,10H,2-3,5,8-9H2,1H3,(H,16,18). The van der Waals surface area contributed by atoms with Gasteiger partial charge in [-0.25, -0.2) is 0 Å². The lowest BCUT2D eigenvalue weighted by molar-refractivity contribution is -0.118. The summed E-state index contributed by atoms with van der Waals surface area (Å²) in [7, 11) is 0. The summed E-state index contributed by atoms with van der Waals surface area (Å²) in [5.74, 6) is 0.300. The monoisotopic (exact) mass is 274 g/mol. The number of carbonyl (C=O) groups is 2. The number of amides is 2. The molecule has 2 aliphatic rings. The summed E-state index contributed by atoms with van der Waals surface area (Å²) in [5, 5.41) is 2.73. The number of para-hydroxylation sites is 1. The van der Waals surface area contributed by atoms with Gasteiger partial charge in [0.1, 0.15) is 0 Å². The van der Waals surface area contributed by atoms with Crippen LogP contribution in [0.1, 0.15) is 36.5 Å². The van der Waals surface area contributed by atoms with E-state index in [4.69, 9.17) is 4.74 Å². The normalized spacial score (nSPS) is 21.8. The molecule has 2 amide bonds. The third kappa shape index (κ3) is 2.24. The van der Waals surface area contributed by atoms with E-state index < -0.39 is 0 Å². The molecule has 5 nitrogen and oxygen atoms in total. The number of fused-ring (bicyclic) bond motifs is 1. The Morgan fingerprint density at radius 1 is 1.40 bits per heavy atom. The minimum absolute atomic E-state index is 0.00908. The summed E-state index contributed by atoms with van der Waals surface area (Å²) < 4.78 is 5.45. The predicted octanol–water partition coefficient (Wildman–Crippen LogP) is 2.03. The number of carbonyl (C=O) groups excluding carboxylic acids is 2. The molecule has 0 bridgehead atoms. The lowest BCUT2D eigenvalue weighted by atomic mass is 10.0. The average Bonchev–Trinajstić information content (AvgIpc) is 2.46. The van der Waals surface area contributed by atoms with Gasteiger partial charge in [-0.2, -0.15) is 0 Å². The van der Waals surface area contributed by atoms with Gasteiger partial charge < -0.3 is 15.0 Å². The second-order valence-electron chi connectivity index (χ2n) is 5.36. The van der Waals surface area contributed by atoms with Gasteiger partial charge in [0, 0.05) is 12.6 Å². The minimum atomic E-state index is -0.187. The second kappa shape index (κ2) is 5.15. The molecule has 5 heteroatoms. The Balaban J connectivity index is 1.92. The van der Waals surface area contributed by atoms with E-state index in [-0.39, 0.29) is 24.5 Å². The summed E-state index contributed by atoms with van der Waals surface area (Å²) >= 11 is 0. The molecule has 3 rings (SSSR count). The van der Waals surface area contributed by atoms with Crippen LogP contribution in [0.15, 0.2) is 18.2 Å². The fraction of sp³-hybridized carbons (Fsp3) is 0.467. The van der Waals surface area contributed by atoms with Crippen molar-refractivity contribution in [3.8, 4) is 5.75 Å². The molecule has 1 unspecified atom stereocenters. The quantitative estimate of drug-likeness (QED) is 0.852. The van der Waals surface area contributed by atoms with Crippen molar-refractivity contribution in [3.63, 3.8) is 0 Å². The number of nitrogens with one attached hydrogen (secondary N) is 1. The van der Waals surface area contributed by atoms with Crippen molar-refractivity contribution in [1.82, 2.24) is 4.90 Å². The maximum atomic E-state index is 12.7. The molecule has 0 radical (unpaired) electrons. The van der Waals surface area contributed by atoms with Crippen molar-refractivity contribution in [2.75, 3.05) is 18.5 Å². The number of likely N-dealkylation sites (tertiary alicyclic amines) is 1. The van der Waals surface area contributed by atoms with Crippen LogP contribution < -0.4 is 10.1 Å². The third-order valence-corrected chi connectivity index (χ3v) is 3.93. The molecule has 2 aliphatic heterocycles. The maximum Gasteiger partial charge on any atom is 0.262 e. The molecule has 2 heterocycles. The van der Waals surface area contributed by atoms with Crippen LogP contribution >= 0.6 is 0 Å². The van der Waals surface area contributed by atoms with Gasteiger partial charge in [0.05, 0.1) is 11.3 Å². The van der Waals surface area contributed by atoms with Crippen molar-refractivity contribution in [1.29, 1.82) is 0 Å². The van der Waals surface area contributed by atoms with Crippen LogP contribution in [0, 0.1) is 0 Å². The van der Waals surface area contributed by atoms with E-state index in [9.17, 15) is 9.59 Å². The van der Waals surface area contributed by atoms with Crippen LogP contribution in [0.4, 0.5) is 5.69 Å². The van der Waals surface area contributed by atoms with E-state index in [2.05, 4.69) is 12.2 Å². The summed E-state index contributed by atoms with van der Waals surface area (Å²) in [5.41, 5.74) is 1.12. The molecule has 0 spiro atoms. The molecule has 1 aromatic carbocycles. The summed E-state index contributed by atoms with van der Waals surface area (Å²) in [6.45, 7) is 2.83. The van der Waals surface area contributed by atoms with Crippen LogP contribution in [0.2, 0.25) is 0 Å². The molecule has 1 fully saturated rings. The molecule has 1 atom stereocenters. The molecule has 1 N–H and O–H groups in total. The summed E-state index contributed by atoms with van der Waals surface area (Å²) in [6.07, 6.45) is 3.26. The number of nitrogens with zero attached hydrogens (tertiary/aromatic N) is 1. The summed E-state index contributed by atoms with van der Waals surface area (Å²) in [4.78, 5) is 25.9. The zero-order valence-electron chi connectivity index (χ0n) is 11.5. The highest BCUT2D eigenvalue weighted by atomic mass is 16.5. The first-order valence-electron chi connectivity index (χ1n) is 7.03. The molecule has 1 saturated heterocycles. The highest BCUT2D eigenvalue weighted by Gasteiger charge is 2.29. The van der Waals surface area contributed by atoms with Crippen LogP contribution in [-0.2, 0) is 4.79 Å². The van der Waals surface area contributed by atoms with Gasteiger partial charge in [0.25, 0.3) is 11.8 Å². The fourth-order valence-corrected chi connectivity index (χ4v) is 2.84. The first-order valence-corrected chi connectivity index (χ1v) is 7.03. The van der Waals surface area contributed by atoms with Gasteiger partial charge in [0.2, 0.25) is 0 Å². The molecular formula is C15H18N2O3. The molecule has 20 heavy (non-hydrogen) atoms.